The highest BCUT2D eigenvalue weighted by atomic mass is 16.1. The highest BCUT2D eigenvalue weighted by Crippen LogP contribution is 2.13. The SMILES string of the molecule is N#C/C(=C\c1cnc2ccccc2n1)C(=O)c1ccccc1. The third-order valence-corrected chi connectivity index (χ3v) is 3.16. The molecule has 22 heavy (non-hydrogen) atoms. The third-order valence-electron chi connectivity index (χ3n) is 3.16. The van der Waals surface area contributed by atoms with Gasteiger partial charge in [-0.2, -0.15) is 5.26 Å². The van der Waals surface area contributed by atoms with Crippen LogP contribution >= 0.6 is 0 Å². The van der Waals surface area contributed by atoms with E-state index < -0.39 is 0 Å². The average molecular weight is 285 g/mol. The molecule has 2 aromatic carbocycles. The molecule has 0 amide bonds. The fourth-order valence-electron chi connectivity index (χ4n) is 2.08. The lowest BCUT2D eigenvalue weighted by atomic mass is 10.0. The maximum absolute atomic E-state index is 12.3. The van der Waals surface area contributed by atoms with E-state index in [1.165, 1.54) is 6.08 Å². The molecule has 1 aromatic heterocycles. The van der Waals surface area contributed by atoms with Crippen molar-refractivity contribution in [2.45, 2.75) is 0 Å². The molecule has 0 saturated heterocycles. The lowest BCUT2D eigenvalue weighted by Gasteiger charge is -2.00. The number of aromatic nitrogens is 2. The minimum absolute atomic E-state index is 0.0378. The second-order valence-corrected chi connectivity index (χ2v) is 4.65. The van der Waals surface area contributed by atoms with E-state index in [-0.39, 0.29) is 11.4 Å². The van der Waals surface area contributed by atoms with E-state index in [9.17, 15) is 10.1 Å². The number of Topliss-reactive ketones (excluding diaryl/α,β-unsaturated/α-hetero) is 1. The molecule has 4 heteroatoms. The first-order valence-corrected chi connectivity index (χ1v) is 6.71. The summed E-state index contributed by atoms with van der Waals surface area (Å²) >= 11 is 0. The molecule has 0 aliphatic carbocycles. The number of hydrogen-bond acceptors (Lipinski definition) is 4. The Morgan fingerprint density at radius 2 is 1.68 bits per heavy atom. The minimum atomic E-state index is -0.321. The summed E-state index contributed by atoms with van der Waals surface area (Å²) < 4.78 is 0. The Balaban J connectivity index is 2.00. The number of ketones is 1. The first kappa shape index (κ1) is 13.7. The molecule has 0 bridgehead atoms. The van der Waals surface area contributed by atoms with Crippen LogP contribution in [0.25, 0.3) is 17.1 Å². The van der Waals surface area contributed by atoms with Crippen molar-refractivity contribution in [2.24, 2.45) is 0 Å². The molecule has 0 radical (unpaired) electrons. The Morgan fingerprint density at radius 1 is 1.00 bits per heavy atom. The van der Waals surface area contributed by atoms with Gasteiger partial charge in [-0.15, -0.1) is 0 Å². The van der Waals surface area contributed by atoms with E-state index in [1.807, 2.05) is 36.4 Å². The molecular formula is C18H11N3O. The number of carbonyl (C=O) groups excluding carboxylic acids is 1. The van der Waals surface area contributed by atoms with Crippen LogP contribution in [0.3, 0.4) is 0 Å². The van der Waals surface area contributed by atoms with Gasteiger partial charge in [0.25, 0.3) is 0 Å². The molecule has 0 aliphatic heterocycles. The van der Waals surface area contributed by atoms with E-state index in [2.05, 4.69) is 9.97 Å². The average Bonchev–Trinajstić information content (AvgIpc) is 2.59. The third kappa shape index (κ3) is 2.74. The fourth-order valence-corrected chi connectivity index (χ4v) is 2.08. The van der Waals surface area contributed by atoms with Crippen LogP contribution in [-0.4, -0.2) is 15.8 Å². The number of allylic oxidation sites excluding steroid dienone is 1. The number of hydrogen-bond donors (Lipinski definition) is 0. The van der Waals surface area contributed by atoms with Crippen molar-refractivity contribution in [3.63, 3.8) is 0 Å². The molecule has 0 aliphatic rings. The summed E-state index contributed by atoms with van der Waals surface area (Å²) in [5, 5.41) is 9.25. The molecule has 104 valence electrons. The summed E-state index contributed by atoms with van der Waals surface area (Å²) in [5.41, 5.74) is 2.49. The number of carbonyl (C=O) groups is 1. The molecule has 4 nitrogen and oxygen atoms in total. The van der Waals surface area contributed by atoms with Gasteiger partial charge in [-0.25, -0.2) is 4.98 Å². The largest absolute Gasteiger partial charge is 0.288 e. The van der Waals surface area contributed by atoms with Gasteiger partial charge in [0.15, 0.2) is 0 Å². The van der Waals surface area contributed by atoms with Crippen LogP contribution in [-0.2, 0) is 0 Å². The van der Waals surface area contributed by atoms with E-state index in [0.717, 1.165) is 11.0 Å². The van der Waals surface area contributed by atoms with E-state index in [0.29, 0.717) is 11.3 Å². The molecule has 0 spiro atoms. The maximum atomic E-state index is 12.3. The Kier molecular flexibility index (Phi) is 3.71. The normalized spacial score (nSPS) is 11.1. The smallest absolute Gasteiger partial charge is 0.203 e. The molecule has 0 fully saturated rings. The minimum Gasteiger partial charge on any atom is -0.288 e. The number of para-hydroxylation sites is 2. The zero-order chi connectivity index (χ0) is 15.4. The lowest BCUT2D eigenvalue weighted by molar-refractivity contribution is 0.104. The quantitative estimate of drug-likeness (QED) is 0.420. The Morgan fingerprint density at radius 3 is 2.41 bits per heavy atom. The van der Waals surface area contributed by atoms with Gasteiger partial charge in [0.1, 0.15) is 11.6 Å². The van der Waals surface area contributed by atoms with Crippen LogP contribution in [0.15, 0.2) is 66.4 Å². The molecule has 0 atom stereocenters. The summed E-state index contributed by atoms with van der Waals surface area (Å²) in [7, 11) is 0. The van der Waals surface area contributed by atoms with Crippen molar-refractivity contribution in [3.05, 3.63) is 77.6 Å². The highest BCUT2D eigenvalue weighted by Gasteiger charge is 2.12. The second-order valence-electron chi connectivity index (χ2n) is 4.65. The summed E-state index contributed by atoms with van der Waals surface area (Å²) in [6.45, 7) is 0. The summed E-state index contributed by atoms with van der Waals surface area (Å²) in [5.74, 6) is -0.321. The van der Waals surface area contributed by atoms with Crippen LogP contribution in [0.4, 0.5) is 0 Å². The van der Waals surface area contributed by atoms with Gasteiger partial charge in [-0.1, -0.05) is 42.5 Å². The number of nitrogens with zero attached hydrogens (tertiary/aromatic N) is 3. The number of benzene rings is 2. The number of fused-ring (bicyclic) bond motifs is 1. The topological polar surface area (TPSA) is 66.6 Å². The van der Waals surface area contributed by atoms with Gasteiger partial charge in [0.05, 0.1) is 22.9 Å². The van der Waals surface area contributed by atoms with Crippen LogP contribution in [0.5, 0.6) is 0 Å². The molecule has 0 N–H and O–H groups in total. The molecular weight excluding hydrogens is 274 g/mol. The van der Waals surface area contributed by atoms with Gasteiger partial charge in [-0.3, -0.25) is 9.78 Å². The van der Waals surface area contributed by atoms with Gasteiger partial charge in [-0.05, 0) is 18.2 Å². The van der Waals surface area contributed by atoms with Gasteiger partial charge >= 0.3 is 0 Å². The second kappa shape index (κ2) is 5.98. The Labute approximate surface area is 127 Å². The Bertz CT molecular complexity index is 908. The summed E-state index contributed by atoms with van der Waals surface area (Å²) in [4.78, 5) is 21.0. The molecule has 0 saturated carbocycles. The van der Waals surface area contributed by atoms with E-state index >= 15 is 0 Å². The molecule has 0 unspecified atom stereocenters. The van der Waals surface area contributed by atoms with Crippen LogP contribution < -0.4 is 0 Å². The van der Waals surface area contributed by atoms with Crippen molar-refractivity contribution in [1.29, 1.82) is 5.26 Å². The van der Waals surface area contributed by atoms with E-state index in [4.69, 9.17) is 0 Å². The first-order chi connectivity index (χ1) is 10.8. The number of nitriles is 1. The van der Waals surface area contributed by atoms with Crippen molar-refractivity contribution in [2.75, 3.05) is 0 Å². The molecule has 3 aromatic rings. The van der Waals surface area contributed by atoms with Crippen molar-refractivity contribution < 1.29 is 4.79 Å². The van der Waals surface area contributed by atoms with Crippen molar-refractivity contribution >= 4 is 22.9 Å². The van der Waals surface area contributed by atoms with Crippen LogP contribution in [0, 0.1) is 11.3 Å². The van der Waals surface area contributed by atoms with Crippen LogP contribution in [0.2, 0.25) is 0 Å². The molecule has 3 rings (SSSR count). The van der Waals surface area contributed by atoms with Crippen LogP contribution in [0.1, 0.15) is 16.1 Å². The summed E-state index contributed by atoms with van der Waals surface area (Å²) in [6.07, 6.45) is 3.02. The highest BCUT2D eigenvalue weighted by molar-refractivity contribution is 6.13. The first-order valence-electron chi connectivity index (χ1n) is 6.71. The Hall–Kier alpha value is -3.32. The fraction of sp³-hybridized carbons (Fsp3) is 0. The monoisotopic (exact) mass is 285 g/mol. The zero-order valence-corrected chi connectivity index (χ0v) is 11.6. The maximum Gasteiger partial charge on any atom is 0.203 e. The predicted molar refractivity (Wildman–Crippen MR) is 83.9 cm³/mol. The van der Waals surface area contributed by atoms with E-state index in [1.54, 1.807) is 30.5 Å². The predicted octanol–water partition coefficient (Wildman–Crippen LogP) is 3.42. The number of rotatable bonds is 3. The zero-order valence-electron chi connectivity index (χ0n) is 11.6. The van der Waals surface area contributed by atoms with Gasteiger partial charge < -0.3 is 0 Å². The van der Waals surface area contributed by atoms with Crippen molar-refractivity contribution in [1.82, 2.24) is 9.97 Å². The van der Waals surface area contributed by atoms with Gasteiger partial charge in [0, 0.05) is 5.56 Å². The van der Waals surface area contributed by atoms with Gasteiger partial charge in [0.2, 0.25) is 5.78 Å². The summed E-state index contributed by atoms with van der Waals surface area (Å²) in [6, 6.07) is 18.1. The lowest BCUT2D eigenvalue weighted by Crippen LogP contribution is -2.02. The van der Waals surface area contributed by atoms with Crippen molar-refractivity contribution in [3.8, 4) is 6.07 Å². The molecule has 1 heterocycles. The standard InChI is InChI=1S/C18H11N3O/c19-11-14(18(22)13-6-2-1-3-7-13)10-15-12-20-16-8-4-5-9-17(16)21-15/h1-10,12H/b14-10+.